The number of aliphatic carboxylic acids is 1. The molecule has 4 nitrogen and oxygen atoms in total. The average Bonchev–Trinajstić information content (AvgIpc) is 2.21. The molecule has 0 aromatic carbocycles. The van der Waals surface area contributed by atoms with Crippen LogP contribution in [-0.2, 0) is 4.79 Å². The van der Waals surface area contributed by atoms with E-state index in [0.717, 1.165) is 12.5 Å². The maximum Gasteiger partial charge on any atom is 0.323 e. The van der Waals surface area contributed by atoms with Crippen molar-refractivity contribution in [2.24, 2.45) is 5.92 Å². The Kier molecular flexibility index (Phi) is 5.81. The zero-order valence-electron chi connectivity index (χ0n) is 13.1. The lowest BCUT2D eigenvalue weighted by molar-refractivity contribution is -0.145. The SMILES string of the molecule is CC(C)NC(C)(CC(C)N(C)CC1CCC1)C(=O)O. The van der Waals surface area contributed by atoms with Crippen molar-refractivity contribution in [2.45, 2.75) is 71.0 Å². The van der Waals surface area contributed by atoms with Gasteiger partial charge in [-0.25, -0.2) is 0 Å². The number of carboxylic acid groups (broad SMARTS) is 1. The van der Waals surface area contributed by atoms with Gasteiger partial charge in [-0.2, -0.15) is 0 Å². The molecule has 2 N–H and O–H groups in total. The van der Waals surface area contributed by atoms with E-state index >= 15 is 0 Å². The van der Waals surface area contributed by atoms with Crippen LogP contribution in [0, 0.1) is 5.92 Å². The number of hydrogen-bond donors (Lipinski definition) is 2. The Morgan fingerprint density at radius 2 is 2.00 bits per heavy atom. The minimum Gasteiger partial charge on any atom is -0.480 e. The first-order valence-corrected chi connectivity index (χ1v) is 7.46. The first-order valence-electron chi connectivity index (χ1n) is 7.46. The third kappa shape index (κ3) is 4.77. The van der Waals surface area contributed by atoms with Crippen LogP contribution in [0.1, 0.15) is 53.4 Å². The van der Waals surface area contributed by atoms with E-state index < -0.39 is 11.5 Å². The van der Waals surface area contributed by atoms with Crippen LogP contribution in [0.4, 0.5) is 0 Å². The molecule has 2 unspecified atom stereocenters. The molecule has 112 valence electrons. The van der Waals surface area contributed by atoms with Gasteiger partial charge in [0.25, 0.3) is 0 Å². The van der Waals surface area contributed by atoms with Crippen molar-refractivity contribution in [3.8, 4) is 0 Å². The van der Waals surface area contributed by atoms with Crippen LogP contribution >= 0.6 is 0 Å². The highest BCUT2D eigenvalue weighted by molar-refractivity contribution is 5.78. The standard InChI is InChI=1S/C15H30N2O2/c1-11(2)16-15(4,14(18)19)9-12(3)17(5)10-13-7-6-8-13/h11-13,16H,6-10H2,1-5H3,(H,18,19). The molecule has 0 aliphatic heterocycles. The van der Waals surface area contributed by atoms with Crippen LogP contribution in [0.2, 0.25) is 0 Å². The van der Waals surface area contributed by atoms with Crippen molar-refractivity contribution >= 4 is 5.97 Å². The van der Waals surface area contributed by atoms with Crippen LogP contribution in [0.3, 0.4) is 0 Å². The van der Waals surface area contributed by atoms with E-state index in [1.807, 2.05) is 13.8 Å². The van der Waals surface area contributed by atoms with E-state index in [2.05, 4.69) is 24.2 Å². The summed E-state index contributed by atoms with van der Waals surface area (Å²) in [4.78, 5) is 13.8. The first kappa shape index (κ1) is 16.4. The maximum absolute atomic E-state index is 11.5. The lowest BCUT2D eigenvalue weighted by Crippen LogP contribution is -2.55. The van der Waals surface area contributed by atoms with Crippen molar-refractivity contribution in [1.82, 2.24) is 10.2 Å². The first-order chi connectivity index (χ1) is 8.74. The van der Waals surface area contributed by atoms with E-state index in [1.165, 1.54) is 19.3 Å². The molecule has 4 heteroatoms. The molecule has 1 aliphatic rings. The molecule has 0 amide bonds. The fraction of sp³-hybridized carbons (Fsp3) is 0.933. The van der Waals surface area contributed by atoms with Crippen molar-refractivity contribution in [3.63, 3.8) is 0 Å². The summed E-state index contributed by atoms with van der Waals surface area (Å²) >= 11 is 0. The highest BCUT2D eigenvalue weighted by Crippen LogP contribution is 2.28. The Bertz CT molecular complexity index is 303. The average molecular weight is 270 g/mol. The molecule has 2 atom stereocenters. The van der Waals surface area contributed by atoms with Gasteiger partial charge in [-0.3, -0.25) is 10.1 Å². The van der Waals surface area contributed by atoms with Gasteiger partial charge in [0.05, 0.1) is 0 Å². The zero-order valence-corrected chi connectivity index (χ0v) is 13.1. The molecule has 0 aromatic rings. The summed E-state index contributed by atoms with van der Waals surface area (Å²) in [6, 6.07) is 0.443. The third-order valence-corrected chi connectivity index (χ3v) is 4.31. The second-order valence-electron chi connectivity index (χ2n) is 6.73. The van der Waals surface area contributed by atoms with Crippen molar-refractivity contribution in [2.75, 3.05) is 13.6 Å². The molecular weight excluding hydrogens is 240 g/mol. The van der Waals surface area contributed by atoms with Gasteiger partial charge in [-0.1, -0.05) is 6.42 Å². The molecular formula is C15H30N2O2. The van der Waals surface area contributed by atoms with Crippen molar-refractivity contribution in [1.29, 1.82) is 0 Å². The fourth-order valence-electron chi connectivity index (χ4n) is 2.85. The van der Waals surface area contributed by atoms with E-state index in [1.54, 1.807) is 6.92 Å². The van der Waals surface area contributed by atoms with Crippen LogP contribution < -0.4 is 5.32 Å². The van der Waals surface area contributed by atoms with Gasteiger partial charge in [0.15, 0.2) is 0 Å². The lowest BCUT2D eigenvalue weighted by atomic mass is 9.84. The molecule has 1 fully saturated rings. The second kappa shape index (κ2) is 6.71. The van der Waals surface area contributed by atoms with Gasteiger partial charge >= 0.3 is 5.97 Å². The summed E-state index contributed by atoms with van der Waals surface area (Å²) in [6.07, 6.45) is 4.65. The van der Waals surface area contributed by atoms with Crippen LogP contribution in [0.15, 0.2) is 0 Å². The molecule has 0 spiro atoms. The predicted octanol–water partition coefficient (Wildman–Crippen LogP) is 2.34. The Morgan fingerprint density at radius 3 is 2.37 bits per heavy atom. The molecule has 0 saturated heterocycles. The molecule has 0 radical (unpaired) electrons. The second-order valence-corrected chi connectivity index (χ2v) is 6.73. The minimum atomic E-state index is -0.846. The van der Waals surface area contributed by atoms with Crippen molar-refractivity contribution < 1.29 is 9.90 Å². The number of nitrogens with one attached hydrogen (secondary N) is 1. The maximum atomic E-state index is 11.5. The van der Waals surface area contributed by atoms with E-state index in [4.69, 9.17) is 0 Å². The summed E-state index contributed by atoms with van der Waals surface area (Å²) in [7, 11) is 2.11. The van der Waals surface area contributed by atoms with Gasteiger partial charge in [-0.15, -0.1) is 0 Å². The van der Waals surface area contributed by atoms with E-state index in [0.29, 0.717) is 6.42 Å². The van der Waals surface area contributed by atoms with E-state index in [9.17, 15) is 9.90 Å². The predicted molar refractivity (Wildman–Crippen MR) is 78.4 cm³/mol. The Labute approximate surface area is 117 Å². The van der Waals surface area contributed by atoms with E-state index in [-0.39, 0.29) is 12.1 Å². The van der Waals surface area contributed by atoms with Crippen molar-refractivity contribution in [3.05, 3.63) is 0 Å². The Hall–Kier alpha value is -0.610. The highest BCUT2D eigenvalue weighted by atomic mass is 16.4. The highest BCUT2D eigenvalue weighted by Gasteiger charge is 2.36. The van der Waals surface area contributed by atoms with Crippen LogP contribution in [0.5, 0.6) is 0 Å². The fourth-order valence-corrected chi connectivity index (χ4v) is 2.85. The number of carboxylic acids is 1. The van der Waals surface area contributed by atoms with Gasteiger partial charge in [-0.05, 0) is 59.9 Å². The number of rotatable bonds is 8. The normalized spacial score (nSPS) is 21.2. The molecule has 1 rings (SSSR count). The summed E-state index contributed by atoms with van der Waals surface area (Å²) < 4.78 is 0. The van der Waals surface area contributed by atoms with Gasteiger partial charge in [0.1, 0.15) is 5.54 Å². The van der Waals surface area contributed by atoms with Gasteiger partial charge in [0.2, 0.25) is 0 Å². The molecule has 0 bridgehead atoms. The van der Waals surface area contributed by atoms with Crippen LogP contribution in [0.25, 0.3) is 0 Å². The zero-order chi connectivity index (χ0) is 14.6. The van der Waals surface area contributed by atoms with Gasteiger partial charge in [0, 0.05) is 18.6 Å². The summed E-state index contributed by atoms with van der Waals surface area (Å²) in [5.74, 6) is 0.0617. The monoisotopic (exact) mass is 270 g/mol. The number of hydrogen-bond acceptors (Lipinski definition) is 3. The molecule has 1 saturated carbocycles. The summed E-state index contributed by atoms with van der Waals surface area (Å²) in [6.45, 7) is 9.00. The largest absolute Gasteiger partial charge is 0.480 e. The number of carbonyl (C=O) groups is 1. The molecule has 0 aromatic heterocycles. The third-order valence-electron chi connectivity index (χ3n) is 4.31. The minimum absolute atomic E-state index is 0.172. The molecule has 0 heterocycles. The Balaban J connectivity index is 2.54. The Morgan fingerprint density at radius 1 is 1.42 bits per heavy atom. The molecule has 19 heavy (non-hydrogen) atoms. The van der Waals surface area contributed by atoms with Gasteiger partial charge < -0.3 is 10.0 Å². The smallest absolute Gasteiger partial charge is 0.323 e. The number of nitrogens with zero attached hydrogens (tertiary/aromatic N) is 1. The molecule has 1 aliphatic carbocycles. The summed E-state index contributed by atoms with van der Waals surface area (Å²) in [5, 5.41) is 12.7. The quantitative estimate of drug-likeness (QED) is 0.711. The topological polar surface area (TPSA) is 52.6 Å². The lowest BCUT2D eigenvalue weighted by Gasteiger charge is -2.37. The van der Waals surface area contributed by atoms with Crippen LogP contribution in [-0.4, -0.2) is 47.2 Å². The summed E-state index contributed by atoms with van der Waals surface area (Å²) in [5.41, 5.74) is -0.846.